The van der Waals surface area contributed by atoms with Crippen LogP contribution in [0.25, 0.3) is 0 Å². The first-order valence-electron chi connectivity index (χ1n) is 3.94. The van der Waals surface area contributed by atoms with Gasteiger partial charge in [0.2, 0.25) is 0 Å². The fourth-order valence-corrected chi connectivity index (χ4v) is 0.809. The van der Waals surface area contributed by atoms with Gasteiger partial charge in [-0.25, -0.2) is 5.48 Å². The number of nitrogens with one attached hydrogen (secondary N) is 1. The first kappa shape index (κ1) is 10.6. The number of hydroxylamine groups is 1. The lowest BCUT2D eigenvalue weighted by molar-refractivity contribution is -0.145. The third kappa shape index (κ3) is 3.49. The van der Waals surface area contributed by atoms with E-state index in [2.05, 4.69) is 4.84 Å². The molecule has 0 heterocycles. The van der Waals surface area contributed by atoms with Crippen LogP contribution in [0.5, 0.6) is 0 Å². The number of benzene rings is 1. The summed E-state index contributed by atoms with van der Waals surface area (Å²) in [4.78, 5) is 14.9. The zero-order valence-electron chi connectivity index (χ0n) is 7.24. The first-order chi connectivity index (χ1) is 6.70. The standard InChI is InChI=1S/C9H9F2NO2/c10-8(11)9(13)12-14-6-7-4-2-1-3-5-7/h1-5,8H,6H2,(H,12,13). The van der Waals surface area contributed by atoms with E-state index in [-0.39, 0.29) is 6.61 Å². The van der Waals surface area contributed by atoms with E-state index in [4.69, 9.17) is 0 Å². The minimum Gasteiger partial charge on any atom is -0.269 e. The Hall–Kier alpha value is -1.49. The summed E-state index contributed by atoms with van der Waals surface area (Å²) in [5.41, 5.74) is 2.44. The van der Waals surface area contributed by atoms with E-state index < -0.39 is 12.3 Å². The molecular weight excluding hydrogens is 192 g/mol. The Bertz CT molecular complexity index is 290. The van der Waals surface area contributed by atoms with Crippen LogP contribution in [-0.2, 0) is 16.2 Å². The lowest BCUT2D eigenvalue weighted by Crippen LogP contribution is -2.29. The number of carbonyl (C=O) groups is 1. The topological polar surface area (TPSA) is 38.3 Å². The molecule has 76 valence electrons. The van der Waals surface area contributed by atoms with Gasteiger partial charge in [-0.1, -0.05) is 30.3 Å². The summed E-state index contributed by atoms with van der Waals surface area (Å²) in [5.74, 6) is -1.43. The van der Waals surface area contributed by atoms with Crippen LogP contribution in [0.15, 0.2) is 30.3 Å². The molecule has 3 nitrogen and oxygen atoms in total. The number of hydrogen-bond donors (Lipinski definition) is 1. The van der Waals surface area contributed by atoms with Crippen molar-refractivity contribution in [1.82, 2.24) is 5.48 Å². The SMILES string of the molecule is O=C(NOCc1ccccc1)C(F)F. The Kier molecular flexibility index (Phi) is 4.00. The molecule has 0 atom stereocenters. The van der Waals surface area contributed by atoms with Gasteiger partial charge in [-0.3, -0.25) is 9.63 Å². The van der Waals surface area contributed by atoms with Gasteiger partial charge < -0.3 is 0 Å². The molecular formula is C9H9F2NO2. The highest BCUT2D eigenvalue weighted by molar-refractivity contribution is 5.77. The van der Waals surface area contributed by atoms with E-state index in [0.29, 0.717) is 0 Å². The predicted molar refractivity (Wildman–Crippen MR) is 45.4 cm³/mol. The van der Waals surface area contributed by atoms with E-state index in [9.17, 15) is 13.6 Å². The smallest absolute Gasteiger partial charge is 0.269 e. The molecule has 14 heavy (non-hydrogen) atoms. The summed E-state index contributed by atoms with van der Waals surface area (Å²) in [6.45, 7) is 0.0687. The van der Waals surface area contributed by atoms with Crippen molar-refractivity contribution in [2.45, 2.75) is 13.0 Å². The normalized spacial score (nSPS) is 10.2. The Balaban J connectivity index is 2.26. The highest BCUT2D eigenvalue weighted by Gasteiger charge is 2.14. The summed E-state index contributed by atoms with van der Waals surface area (Å²) < 4.78 is 23.3. The Labute approximate surface area is 79.6 Å². The average Bonchev–Trinajstić information content (AvgIpc) is 2.19. The fourth-order valence-electron chi connectivity index (χ4n) is 0.809. The van der Waals surface area contributed by atoms with Gasteiger partial charge in [-0.05, 0) is 5.56 Å². The van der Waals surface area contributed by atoms with Gasteiger partial charge in [0.1, 0.15) is 0 Å². The largest absolute Gasteiger partial charge is 0.317 e. The van der Waals surface area contributed by atoms with Crippen molar-refractivity contribution < 1.29 is 18.4 Å². The first-order valence-corrected chi connectivity index (χ1v) is 3.94. The maximum absolute atomic E-state index is 11.7. The second-order valence-corrected chi connectivity index (χ2v) is 2.54. The van der Waals surface area contributed by atoms with Crippen LogP contribution < -0.4 is 5.48 Å². The van der Waals surface area contributed by atoms with Crippen LogP contribution in [0.2, 0.25) is 0 Å². The summed E-state index contributed by atoms with van der Waals surface area (Å²) in [7, 11) is 0. The summed E-state index contributed by atoms with van der Waals surface area (Å²) in [6, 6.07) is 8.91. The number of rotatable bonds is 4. The molecule has 0 bridgehead atoms. The van der Waals surface area contributed by atoms with Gasteiger partial charge >= 0.3 is 12.3 Å². The number of carbonyl (C=O) groups excluding carboxylic acids is 1. The van der Waals surface area contributed by atoms with Gasteiger partial charge in [0, 0.05) is 0 Å². The molecule has 1 aromatic carbocycles. The van der Waals surface area contributed by atoms with Crippen LogP contribution in [0.4, 0.5) is 8.78 Å². The molecule has 1 N–H and O–H groups in total. The highest BCUT2D eigenvalue weighted by Crippen LogP contribution is 1.99. The lowest BCUT2D eigenvalue weighted by atomic mass is 10.2. The fraction of sp³-hybridized carbons (Fsp3) is 0.222. The van der Waals surface area contributed by atoms with E-state index >= 15 is 0 Å². The molecule has 1 rings (SSSR count). The average molecular weight is 201 g/mol. The number of halogens is 2. The van der Waals surface area contributed by atoms with Crippen molar-refractivity contribution in [3.05, 3.63) is 35.9 Å². The molecule has 0 aliphatic heterocycles. The summed E-state index contributed by atoms with van der Waals surface area (Å²) in [5, 5.41) is 0. The second kappa shape index (κ2) is 5.29. The molecule has 0 aliphatic carbocycles. The van der Waals surface area contributed by atoms with E-state index in [1.807, 2.05) is 6.07 Å². The summed E-state index contributed by atoms with van der Waals surface area (Å²) in [6.07, 6.45) is -3.05. The molecule has 1 aromatic rings. The number of alkyl halides is 2. The van der Waals surface area contributed by atoms with Crippen LogP contribution in [0, 0.1) is 0 Å². The van der Waals surface area contributed by atoms with Crippen molar-refractivity contribution in [2.24, 2.45) is 0 Å². The van der Waals surface area contributed by atoms with Crippen molar-refractivity contribution in [3.8, 4) is 0 Å². The zero-order valence-corrected chi connectivity index (χ0v) is 7.24. The molecule has 0 unspecified atom stereocenters. The van der Waals surface area contributed by atoms with Crippen molar-refractivity contribution >= 4 is 5.91 Å². The van der Waals surface area contributed by atoms with Crippen LogP contribution >= 0.6 is 0 Å². The number of hydrogen-bond acceptors (Lipinski definition) is 2. The Morgan fingerprint density at radius 3 is 2.57 bits per heavy atom. The third-order valence-electron chi connectivity index (χ3n) is 1.45. The van der Waals surface area contributed by atoms with Crippen LogP contribution in [0.3, 0.4) is 0 Å². The van der Waals surface area contributed by atoms with Gasteiger partial charge in [0.25, 0.3) is 0 Å². The summed E-state index contributed by atoms with van der Waals surface area (Å²) >= 11 is 0. The van der Waals surface area contributed by atoms with Crippen molar-refractivity contribution in [1.29, 1.82) is 0 Å². The predicted octanol–water partition coefficient (Wildman–Crippen LogP) is 1.50. The molecule has 1 amide bonds. The van der Waals surface area contributed by atoms with Gasteiger partial charge in [-0.2, -0.15) is 8.78 Å². The maximum atomic E-state index is 11.7. The van der Waals surface area contributed by atoms with Crippen molar-refractivity contribution in [3.63, 3.8) is 0 Å². The zero-order chi connectivity index (χ0) is 10.4. The maximum Gasteiger partial charge on any atom is 0.317 e. The minimum atomic E-state index is -3.05. The van der Waals surface area contributed by atoms with E-state index in [1.54, 1.807) is 29.7 Å². The Morgan fingerprint density at radius 2 is 2.00 bits per heavy atom. The molecule has 0 radical (unpaired) electrons. The monoisotopic (exact) mass is 201 g/mol. The molecule has 5 heteroatoms. The van der Waals surface area contributed by atoms with Gasteiger partial charge in [0.15, 0.2) is 0 Å². The molecule has 0 fully saturated rings. The van der Waals surface area contributed by atoms with Crippen LogP contribution in [-0.4, -0.2) is 12.3 Å². The molecule has 0 saturated carbocycles. The van der Waals surface area contributed by atoms with Gasteiger partial charge in [0.05, 0.1) is 6.61 Å². The van der Waals surface area contributed by atoms with Gasteiger partial charge in [-0.15, -0.1) is 0 Å². The van der Waals surface area contributed by atoms with E-state index in [0.717, 1.165) is 5.56 Å². The second-order valence-electron chi connectivity index (χ2n) is 2.54. The molecule has 0 aliphatic rings. The van der Waals surface area contributed by atoms with Crippen LogP contribution in [0.1, 0.15) is 5.56 Å². The van der Waals surface area contributed by atoms with Crippen molar-refractivity contribution in [2.75, 3.05) is 0 Å². The minimum absolute atomic E-state index is 0.0687. The molecule has 0 saturated heterocycles. The molecule has 0 aromatic heterocycles. The lowest BCUT2D eigenvalue weighted by Gasteiger charge is -2.04. The van der Waals surface area contributed by atoms with E-state index in [1.165, 1.54) is 0 Å². The third-order valence-corrected chi connectivity index (χ3v) is 1.45. The molecule has 0 spiro atoms. The number of amides is 1. The quantitative estimate of drug-likeness (QED) is 0.749. The highest BCUT2D eigenvalue weighted by atomic mass is 19.3. The Morgan fingerprint density at radius 1 is 1.36 bits per heavy atom.